The highest BCUT2D eigenvalue weighted by Gasteiger charge is 2.12. The van der Waals surface area contributed by atoms with Gasteiger partial charge in [-0.2, -0.15) is 0 Å². The number of hydrogen-bond donors (Lipinski definition) is 2. The summed E-state index contributed by atoms with van der Waals surface area (Å²) in [4.78, 5) is 11.9. The number of halogens is 1. The first kappa shape index (κ1) is 15.0. The Hall–Kier alpha value is -1.06. The van der Waals surface area contributed by atoms with E-state index in [2.05, 4.69) is 5.32 Å². The minimum absolute atomic E-state index is 0.198. The molecule has 0 aromatic heterocycles. The molecule has 100 valence electrons. The quantitative estimate of drug-likeness (QED) is 0.864. The molecular formula is C14H20ClNO2. The molecule has 0 aliphatic carbocycles. The average molecular weight is 270 g/mol. The second-order valence-electron chi connectivity index (χ2n) is 4.84. The summed E-state index contributed by atoms with van der Waals surface area (Å²) in [6.45, 7) is 6.27. The third-order valence-electron chi connectivity index (χ3n) is 2.86. The zero-order chi connectivity index (χ0) is 13.7. The molecule has 18 heavy (non-hydrogen) atoms. The van der Waals surface area contributed by atoms with Crippen LogP contribution in [-0.4, -0.2) is 23.7 Å². The summed E-state index contributed by atoms with van der Waals surface area (Å²) in [5, 5.41) is 12.8. The van der Waals surface area contributed by atoms with Gasteiger partial charge in [0.05, 0.1) is 16.7 Å². The minimum Gasteiger partial charge on any atom is -0.393 e. The molecule has 1 amide bonds. The molecule has 3 nitrogen and oxygen atoms in total. The molecule has 0 saturated heterocycles. The molecule has 0 bridgehead atoms. The van der Waals surface area contributed by atoms with Gasteiger partial charge in [0.25, 0.3) is 5.91 Å². The summed E-state index contributed by atoms with van der Waals surface area (Å²) in [6.07, 6.45) is 0.158. The Bertz CT molecular complexity index is 418. The molecule has 0 heterocycles. The lowest BCUT2D eigenvalue weighted by Gasteiger charge is -2.14. The third-order valence-corrected chi connectivity index (χ3v) is 3.18. The highest BCUT2D eigenvalue weighted by atomic mass is 35.5. The zero-order valence-electron chi connectivity index (χ0n) is 11.0. The number of benzene rings is 1. The van der Waals surface area contributed by atoms with Crippen LogP contribution < -0.4 is 5.32 Å². The normalized spacial score (nSPS) is 12.6. The maximum Gasteiger partial charge on any atom is 0.252 e. The van der Waals surface area contributed by atoms with Gasteiger partial charge in [-0.3, -0.25) is 4.79 Å². The van der Waals surface area contributed by atoms with Gasteiger partial charge in [0.1, 0.15) is 0 Å². The molecule has 2 N–H and O–H groups in total. The number of amides is 1. The molecule has 0 saturated carbocycles. The van der Waals surface area contributed by atoms with E-state index in [1.54, 1.807) is 12.1 Å². The van der Waals surface area contributed by atoms with Crippen molar-refractivity contribution >= 4 is 17.5 Å². The van der Waals surface area contributed by atoms with E-state index in [0.717, 1.165) is 5.56 Å². The topological polar surface area (TPSA) is 49.3 Å². The zero-order valence-corrected chi connectivity index (χ0v) is 11.8. The lowest BCUT2D eigenvalue weighted by atomic mass is 10.0. The number of aliphatic hydroxyl groups excluding tert-OH is 1. The van der Waals surface area contributed by atoms with E-state index in [0.29, 0.717) is 23.6 Å². The molecule has 0 aliphatic rings. The molecule has 1 aromatic carbocycles. The summed E-state index contributed by atoms with van der Waals surface area (Å²) < 4.78 is 0. The maximum atomic E-state index is 11.9. The molecule has 0 spiro atoms. The van der Waals surface area contributed by atoms with Crippen LogP contribution in [0.2, 0.25) is 5.02 Å². The first-order chi connectivity index (χ1) is 8.41. The van der Waals surface area contributed by atoms with Gasteiger partial charge in [-0.05, 0) is 37.0 Å². The summed E-state index contributed by atoms with van der Waals surface area (Å²) in [6, 6.07) is 5.33. The Morgan fingerprint density at radius 3 is 2.67 bits per heavy atom. The number of aliphatic hydroxyl groups is 1. The monoisotopic (exact) mass is 269 g/mol. The van der Waals surface area contributed by atoms with E-state index in [1.165, 1.54) is 0 Å². The summed E-state index contributed by atoms with van der Waals surface area (Å²) in [5.74, 6) is 0.000760. The highest BCUT2D eigenvalue weighted by molar-refractivity contribution is 6.33. The van der Waals surface area contributed by atoms with Crippen LogP contribution in [0.15, 0.2) is 18.2 Å². The van der Waals surface area contributed by atoms with Crippen LogP contribution in [0.25, 0.3) is 0 Å². The Balaban J connectivity index is 2.51. The first-order valence-electron chi connectivity index (χ1n) is 6.14. The summed E-state index contributed by atoms with van der Waals surface area (Å²) >= 11 is 6.01. The molecule has 0 fully saturated rings. The molecular weight excluding hydrogens is 250 g/mol. The van der Waals surface area contributed by atoms with Gasteiger partial charge in [0, 0.05) is 6.54 Å². The molecule has 4 heteroatoms. The molecule has 1 atom stereocenters. The van der Waals surface area contributed by atoms with Crippen LogP contribution in [0, 0.1) is 12.8 Å². The van der Waals surface area contributed by atoms with Gasteiger partial charge in [-0.25, -0.2) is 0 Å². The number of hydrogen-bond acceptors (Lipinski definition) is 2. The van der Waals surface area contributed by atoms with E-state index in [1.807, 2.05) is 26.8 Å². The maximum absolute atomic E-state index is 11.9. The molecule has 0 unspecified atom stereocenters. The van der Waals surface area contributed by atoms with E-state index in [9.17, 15) is 9.90 Å². The lowest BCUT2D eigenvalue weighted by Crippen LogP contribution is -2.28. The summed E-state index contributed by atoms with van der Waals surface area (Å²) in [7, 11) is 0. The average Bonchev–Trinajstić information content (AvgIpc) is 2.28. The standard InChI is InChI=1S/C14H20ClNO2/c1-9(2)13(17)6-7-16-14(18)11-5-4-10(3)8-12(11)15/h4-5,8-9,13,17H,6-7H2,1-3H3,(H,16,18)/t13-/m1/s1. The van der Waals surface area contributed by atoms with Crippen molar-refractivity contribution < 1.29 is 9.90 Å². The predicted molar refractivity (Wildman–Crippen MR) is 74.0 cm³/mol. The molecule has 0 radical (unpaired) electrons. The van der Waals surface area contributed by atoms with Crippen LogP contribution in [-0.2, 0) is 0 Å². The van der Waals surface area contributed by atoms with Crippen molar-refractivity contribution in [1.29, 1.82) is 0 Å². The van der Waals surface area contributed by atoms with Crippen molar-refractivity contribution in [1.82, 2.24) is 5.32 Å². The first-order valence-corrected chi connectivity index (χ1v) is 6.52. The Morgan fingerprint density at radius 2 is 2.11 bits per heavy atom. The highest BCUT2D eigenvalue weighted by Crippen LogP contribution is 2.17. The number of carbonyl (C=O) groups is 1. The van der Waals surface area contributed by atoms with Crippen LogP contribution in [0.1, 0.15) is 36.2 Å². The second kappa shape index (κ2) is 6.76. The Labute approximate surface area is 113 Å². The van der Waals surface area contributed by atoms with Crippen LogP contribution in [0.3, 0.4) is 0 Å². The predicted octanol–water partition coefficient (Wildman–Crippen LogP) is 2.79. The van der Waals surface area contributed by atoms with Crippen molar-refractivity contribution in [2.75, 3.05) is 6.54 Å². The van der Waals surface area contributed by atoms with Crippen molar-refractivity contribution in [3.05, 3.63) is 34.3 Å². The number of nitrogens with one attached hydrogen (secondary N) is 1. The van der Waals surface area contributed by atoms with E-state index >= 15 is 0 Å². The van der Waals surface area contributed by atoms with Gasteiger partial charge in [0.2, 0.25) is 0 Å². The smallest absolute Gasteiger partial charge is 0.252 e. The number of rotatable bonds is 5. The fraction of sp³-hybridized carbons (Fsp3) is 0.500. The Morgan fingerprint density at radius 1 is 1.44 bits per heavy atom. The van der Waals surface area contributed by atoms with Crippen molar-refractivity contribution in [3.8, 4) is 0 Å². The van der Waals surface area contributed by atoms with Gasteiger partial charge >= 0.3 is 0 Å². The van der Waals surface area contributed by atoms with Crippen molar-refractivity contribution in [2.24, 2.45) is 5.92 Å². The number of aryl methyl sites for hydroxylation is 1. The van der Waals surface area contributed by atoms with Gasteiger partial charge in [-0.15, -0.1) is 0 Å². The third kappa shape index (κ3) is 4.31. The van der Waals surface area contributed by atoms with Gasteiger partial charge in [-0.1, -0.05) is 31.5 Å². The summed E-state index contributed by atoms with van der Waals surface area (Å²) in [5.41, 5.74) is 1.49. The Kier molecular flexibility index (Phi) is 5.63. The SMILES string of the molecule is Cc1ccc(C(=O)NCC[C@@H](O)C(C)C)c(Cl)c1. The van der Waals surface area contributed by atoms with Crippen LogP contribution in [0.5, 0.6) is 0 Å². The second-order valence-corrected chi connectivity index (χ2v) is 5.25. The van der Waals surface area contributed by atoms with E-state index in [4.69, 9.17) is 11.6 Å². The van der Waals surface area contributed by atoms with Crippen molar-refractivity contribution in [3.63, 3.8) is 0 Å². The van der Waals surface area contributed by atoms with Gasteiger partial charge < -0.3 is 10.4 Å². The fourth-order valence-corrected chi connectivity index (χ4v) is 1.89. The lowest BCUT2D eigenvalue weighted by molar-refractivity contribution is 0.0920. The minimum atomic E-state index is -0.390. The molecule has 0 aliphatic heterocycles. The number of carbonyl (C=O) groups excluding carboxylic acids is 1. The van der Waals surface area contributed by atoms with Crippen LogP contribution in [0.4, 0.5) is 0 Å². The molecule has 1 aromatic rings. The van der Waals surface area contributed by atoms with E-state index in [-0.39, 0.29) is 11.8 Å². The van der Waals surface area contributed by atoms with Gasteiger partial charge in [0.15, 0.2) is 0 Å². The van der Waals surface area contributed by atoms with E-state index < -0.39 is 6.10 Å². The van der Waals surface area contributed by atoms with Crippen LogP contribution >= 0.6 is 11.6 Å². The molecule has 1 rings (SSSR count). The van der Waals surface area contributed by atoms with Crippen molar-refractivity contribution in [2.45, 2.75) is 33.3 Å². The largest absolute Gasteiger partial charge is 0.393 e. The fourth-order valence-electron chi connectivity index (χ4n) is 1.57.